The Labute approximate surface area is 92.7 Å². The number of hydrogen-bond donors (Lipinski definition) is 0. The van der Waals surface area contributed by atoms with Crippen LogP contribution in [0.4, 0.5) is 0 Å². The molecule has 1 aromatic rings. The molecule has 0 unspecified atom stereocenters. The second-order valence-electron chi connectivity index (χ2n) is 3.14. The van der Waals surface area contributed by atoms with Crippen LogP contribution < -0.4 is 0 Å². The first-order valence-electron chi connectivity index (χ1n) is 4.42. The first-order chi connectivity index (χ1) is 6.63. The molecule has 0 N–H and O–H groups in total. The van der Waals surface area contributed by atoms with Gasteiger partial charge in [0.2, 0.25) is 0 Å². The van der Waals surface area contributed by atoms with Crippen molar-refractivity contribution in [1.82, 2.24) is 0 Å². The van der Waals surface area contributed by atoms with Crippen LogP contribution >= 0.6 is 23.1 Å². The van der Waals surface area contributed by atoms with Crippen LogP contribution in [0.1, 0.15) is 23.5 Å². The van der Waals surface area contributed by atoms with E-state index in [1.165, 1.54) is 11.3 Å². The van der Waals surface area contributed by atoms with E-state index in [0.717, 1.165) is 4.88 Å². The van der Waals surface area contributed by atoms with Gasteiger partial charge in [0, 0.05) is 12.4 Å². The number of thioether (sulfide) groups is 1. The molecule has 0 bridgehead atoms. The van der Waals surface area contributed by atoms with Crippen LogP contribution in [0.5, 0.6) is 0 Å². The van der Waals surface area contributed by atoms with Gasteiger partial charge in [0.1, 0.15) is 6.61 Å². The predicted octanol–water partition coefficient (Wildman–Crippen LogP) is 3.08. The highest BCUT2D eigenvalue weighted by Gasteiger charge is 2.09. The third-order valence-electron chi connectivity index (χ3n) is 1.48. The summed E-state index contributed by atoms with van der Waals surface area (Å²) in [4.78, 5) is 12.2. The third kappa shape index (κ3) is 3.44. The van der Waals surface area contributed by atoms with E-state index < -0.39 is 0 Å². The van der Waals surface area contributed by atoms with Gasteiger partial charge < -0.3 is 4.74 Å². The first kappa shape index (κ1) is 11.8. The summed E-state index contributed by atoms with van der Waals surface area (Å²) in [6.45, 7) is 4.45. The molecule has 0 spiro atoms. The SMILES string of the molecule is COCC(=O)c1ccc(SC(C)C)s1. The van der Waals surface area contributed by atoms with Crippen molar-refractivity contribution < 1.29 is 9.53 Å². The predicted molar refractivity (Wildman–Crippen MR) is 61.5 cm³/mol. The normalized spacial score (nSPS) is 10.9. The van der Waals surface area contributed by atoms with Crippen LogP contribution in [0.2, 0.25) is 0 Å². The molecule has 0 aliphatic carbocycles. The van der Waals surface area contributed by atoms with Gasteiger partial charge in [-0.3, -0.25) is 4.79 Å². The largest absolute Gasteiger partial charge is 0.376 e. The van der Waals surface area contributed by atoms with Crippen LogP contribution in [0.3, 0.4) is 0 Å². The van der Waals surface area contributed by atoms with E-state index in [2.05, 4.69) is 13.8 Å². The Balaban J connectivity index is 2.63. The van der Waals surface area contributed by atoms with Crippen molar-refractivity contribution in [2.24, 2.45) is 0 Å². The van der Waals surface area contributed by atoms with Gasteiger partial charge in [-0.1, -0.05) is 13.8 Å². The Morgan fingerprint density at radius 1 is 1.57 bits per heavy atom. The summed E-state index contributed by atoms with van der Waals surface area (Å²) in [6.07, 6.45) is 0. The number of ether oxygens (including phenoxy) is 1. The lowest BCUT2D eigenvalue weighted by Gasteiger charge is -1.99. The topological polar surface area (TPSA) is 26.3 Å². The minimum absolute atomic E-state index is 0.0631. The number of carbonyl (C=O) groups excluding carboxylic acids is 1. The fourth-order valence-electron chi connectivity index (χ4n) is 0.968. The van der Waals surface area contributed by atoms with E-state index >= 15 is 0 Å². The van der Waals surface area contributed by atoms with E-state index in [-0.39, 0.29) is 12.4 Å². The third-order valence-corrected chi connectivity index (χ3v) is 3.78. The van der Waals surface area contributed by atoms with Crippen molar-refractivity contribution >= 4 is 28.9 Å². The number of Topliss-reactive ketones (excluding diaryl/α,β-unsaturated/α-hetero) is 1. The highest BCUT2D eigenvalue weighted by molar-refractivity contribution is 8.01. The molecule has 0 saturated carbocycles. The molecule has 2 nitrogen and oxygen atoms in total. The van der Waals surface area contributed by atoms with Gasteiger partial charge in [-0.15, -0.1) is 23.1 Å². The van der Waals surface area contributed by atoms with Crippen LogP contribution in [0, 0.1) is 0 Å². The molecular weight excluding hydrogens is 216 g/mol. The summed E-state index contributed by atoms with van der Waals surface area (Å²) >= 11 is 3.32. The summed E-state index contributed by atoms with van der Waals surface area (Å²) in [7, 11) is 1.54. The van der Waals surface area contributed by atoms with E-state index in [4.69, 9.17) is 4.74 Å². The number of rotatable bonds is 5. The maximum absolute atomic E-state index is 11.4. The number of methoxy groups -OCH3 is 1. The highest BCUT2D eigenvalue weighted by Crippen LogP contribution is 2.30. The van der Waals surface area contributed by atoms with Gasteiger partial charge in [0.05, 0.1) is 9.09 Å². The Morgan fingerprint density at radius 3 is 2.86 bits per heavy atom. The summed E-state index contributed by atoms with van der Waals surface area (Å²) in [5.41, 5.74) is 0. The monoisotopic (exact) mass is 230 g/mol. The van der Waals surface area contributed by atoms with Gasteiger partial charge >= 0.3 is 0 Å². The minimum atomic E-state index is 0.0631. The summed E-state index contributed by atoms with van der Waals surface area (Å²) in [5, 5.41) is 0.555. The van der Waals surface area contributed by atoms with Gasteiger partial charge in [-0.05, 0) is 12.1 Å². The fraction of sp³-hybridized carbons (Fsp3) is 0.500. The summed E-state index contributed by atoms with van der Waals surface area (Å²) < 4.78 is 5.99. The molecule has 0 aliphatic rings. The van der Waals surface area contributed by atoms with Crippen molar-refractivity contribution in [3.63, 3.8) is 0 Å². The minimum Gasteiger partial charge on any atom is -0.376 e. The zero-order chi connectivity index (χ0) is 10.6. The summed E-state index contributed by atoms with van der Waals surface area (Å²) in [6, 6.07) is 3.87. The molecule has 0 radical (unpaired) electrons. The number of thiophene rings is 1. The smallest absolute Gasteiger partial charge is 0.198 e. The first-order valence-corrected chi connectivity index (χ1v) is 6.11. The lowest BCUT2D eigenvalue weighted by atomic mass is 10.3. The van der Waals surface area contributed by atoms with Gasteiger partial charge in [-0.2, -0.15) is 0 Å². The average Bonchev–Trinajstić information content (AvgIpc) is 2.52. The van der Waals surface area contributed by atoms with Crippen molar-refractivity contribution in [3.05, 3.63) is 17.0 Å². The standard InChI is InChI=1S/C10H14O2S2/c1-7(2)13-10-5-4-9(14-10)8(11)6-12-3/h4-5,7H,6H2,1-3H3. The fourth-order valence-corrected chi connectivity index (χ4v) is 3.28. The van der Waals surface area contributed by atoms with Crippen molar-refractivity contribution in [3.8, 4) is 0 Å². The number of carbonyl (C=O) groups is 1. The van der Waals surface area contributed by atoms with Crippen LogP contribution in [0.25, 0.3) is 0 Å². The molecule has 0 amide bonds. The molecule has 0 aromatic carbocycles. The quantitative estimate of drug-likeness (QED) is 0.574. The van der Waals surface area contributed by atoms with E-state index in [1.54, 1.807) is 23.1 Å². The van der Waals surface area contributed by atoms with Gasteiger partial charge in [0.25, 0.3) is 0 Å². The van der Waals surface area contributed by atoms with Crippen LogP contribution in [-0.4, -0.2) is 24.7 Å². The molecule has 78 valence electrons. The molecule has 0 saturated heterocycles. The molecule has 4 heteroatoms. The molecular formula is C10H14O2S2. The summed E-state index contributed by atoms with van der Waals surface area (Å²) in [5.74, 6) is 0.0631. The lowest BCUT2D eigenvalue weighted by Crippen LogP contribution is -2.04. The van der Waals surface area contributed by atoms with E-state index in [9.17, 15) is 4.79 Å². The Kier molecular flexibility index (Phi) is 4.65. The lowest BCUT2D eigenvalue weighted by molar-refractivity contribution is 0.0852. The van der Waals surface area contributed by atoms with Crippen LogP contribution in [0.15, 0.2) is 16.3 Å². The maximum Gasteiger partial charge on any atom is 0.198 e. The van der Waals surface area contributed by atoms with Gasteiger partial charge in [0.15, 0.2) is 5.78 Å². The number of ketones is 1. The molecule has 1 aromatic heterocycles. The van der Waals surface area contributed by atoms with Crippen molar-refractivity contribution in [2.75, 3.05) is 13.7 Å². The van der Waals surface area contributed by atoms with Crippen molar-refractivity contribution in [1.29, 1.82) is 0 Å². The Morgan fingerprint density at radius 2 is 2.29 bits per heavy atom. The Hall–Kier alpha value is -0.320. The second-order valence-corrected chi connectivity index (χ2v) is 6.10. The maximum atomic E-state index is 11.4. The molecule has 0 aliphatic heterocycles. The zero-order valence-electron chi connectivity index (χ0n) is 8.57. The molecule has 1 rings (SSSR count). The average molecular weight is 230 g/mol. The van der Waals surface area contributed by atoms with Gasteiger partial charge in [-0.25, -0.2) is 0 Å². The molecule has 0 atom stereocenters. The zero-order valence-corrected chi connectivity index (χ0v) is 10.2. The van der Waals surface area contributed by atoms with E-state index in [0.29, 0.717) is 5.25 Å². The highest BCUT2D eigenvalue weighted by atomic mass is 32.2. The second kappa shape index (κ2) is 5.53. The molecule has 0 fully saturated rings. The Bertz CT molecular complexity index is 305. The molecule has 14 heavy (non-hydrogen) atoms. The van der Waals surface area contributed by atoms with Crippen LogP contribution in [-0.2, 0) is 4.74 Å². The van der Waals surface area contributed by atoms with Crippen molar-refractivity contribution in [2.45, 2.75) is 23.3 Å². The molecule has 1 heterocycles. The van der Waals surface area contributed by atoms with E-state index in [1.807, 2.05) is 12.1 Å². The number of hydrogen-bond acceptors (Lipinski definition) is 4.